The molecule has 0 atom stereocenters. The molecule has 0 saturated carbocycles. The fourth-order valence-electron chi connectivity index (χ4n) is 2.36. The first-order valence-electron chi connectivity index (χ1n) is 6.40. The van der Waals surface area contributed by atoms with Crippen LogP contribution in [0.3, 0.4) is 0 Å². The van der Waals surface area contributed by atoms with Crippen LogP contribution in [-0.4, -0.2) is 30.8 Å². The molecule has 0 fully saturated rings. The molecule has 0 radical (unpaired) electrons. The Morgan fingerprint density at radius 1 is 1.43 bits per heavy atom. The summed E-state index contributed by atoms with van der Waals surface area (Å²) in [5, 5.41) is 0. The molecular weight excluding hydrogens is 292 g/mol. The number of anilines is 2. The number of nitrogens with one attached hydrogen (secondary N) is 2. The molecule has 0 spiro atoms. The van der Waals surface area contributed by atoms with Gasteiger partial charge < -0.3 is 9.88 Å². The summed E-state index contributed by atoms with van der Waals surface area (Å²) in [5.74, 6) is 0.0567. The monoisotopic (exact) mass is 306 g/mol. The van der Waals surface area contributed by atoms with Crippen molar-refractivity contribution >= 4 is 27.6 Å². The first kappa shape index (κ1) is 13.6. The van der Waals surface area contributed by atoms with E-state index in [-0.39, 0.29) is 16.8 Å². The molecule has 2 heterocycles. The third-order valence-corrected chi connectivity index (χ3v) is 4.71. The van der Waals surface area contributed by atoms with Crippen LogP contribution in [0.4, 0.5) is 11.6 Å². The Morgan fingerprint density at radius 3 is 2.90 bits per heavy atom. The van der Waals surface area contributed by atoms with Gasteiger partial charge in [-0.2, -0.15) is 0 Å². The number of H-pyrrole nitrogens is 1. The minimum absolute atomic E-state index is 0.0951. The average molecular weight is 306 g/mol. The van der Waals surface area contributed by atoms with Crippen LogP contribution in [0.2, 0.25) is 0 Å². The predicted molar refractivity (Wildman–Crippen MR) is 77.6 cm³/mol. The normalized spacial score (nSPS) is 14.0. The number of sulfonamides is 1. The van der Waals surface area contributed by atoms with E-state index in [0.29, 0.717) is 12.2 Å². The molecule has 0 bridgehead atoms. The van der Waals surface area contributed by atoms with Crippen LogP contribution in [0.1, 0.15) is 12.5 Å². The van der Waals surface area contributed by atoms with Gasteiger partial charge in [0.15, 0.2) is 0 Å². The second-order valence-corrected chi connectivity index (χ2v) is 6.44. The smallest absolute Gasteiger partial charge is 0.264 e. The van der Waals surface area contributed by atoms with Gasteiger partial charge in [-0.1, -0.05) is 6.07 Å². The summed E-state index contributed by atoms with van der Waals surface area (Å²) in [5.41, 5.74) is 1.63. The molecular formula is C13H14N4O3S. The molecule has 21 heavy (non-hydrogen) atoms. The summed E-state index contributed by atoms with van der Waals surface area (Å²) >= 11 is 0. The first-order valence-corrected chi connectivity index (χ1v) is 7.89. The number of nitrogens with zero attached hydrogens (tertiary/aromatic N) is 2. The number of hydrogen-bond acceptors (Lipinski definition) is 4. The summed E-state index contributed by atoms with van der Waals surface area (Å²) < 4.78 is 27.0. The molecule has 1 aliphatic rings. The molecule has 8 heteroatoms. The Balaban J connectivity index is 1.97. The quantitative estimate of drug-likeness (QED) is 0.888. The predicted octanol–water partition coefficient (Wildman–Crippen LogP) is 1.12. The van der Waals surface area contributed by atoms with Crippen LogP contribution in [-0.2, 0) is 21.2 Å². The Kier molecular flexibility index (Phi) is 3.17. The maximum absolute atomic E-state index is 12.3. The van der Waals surface area contributed by atoms with E-state index < -0.39 is 10.0 Å². The lowest BCUT2D eigenvalue weighted by molar-refractivity contribution is -0.116. The molecule has 2 N–H and O–H groups in total. The van der Waals surface area contributed by atoms with Crippen LogP contribution in [0.25, 0.3) is 0 Å². The molecule has 0 saturated heterocycles. The van der Waals surface area contributed by atoms with Gasteiger partial charge >= 0.3 is 0 Å². The van der Waals surface area contributed by atoms with Crippen molar-refractivity contribution in [1.82, 2.24) is 9.97 Å². The molecule has 0 aliphatic carbocycles. The standard InChI is InChI=1S/C13H14N4O3S/c1-9(18)17-7-4-10-2-3-11(8-12(10)17)21(19,20)16-13-14-5-6-15-13/h2-3,5-6,8H,4,7H2,1H3,(H2,14,15,16). The number of rotatable bonds is 3. The number of amides is 1. The van der Waals surface area contributed by atoms with Crippen LogP contribution < -0.4 is 9.62 Å². The van der Waals surface area contributed by atoms with Crippen molar-refractivity contribution in [3.63, 3.8) is 0 Å². The maximum Gasteiger partial charge on any atom is 0.264 e. The lowest BCUT2D eigenvalue weighted by atomic mass is 10.2. The molecule has 110 valence electrons. The number of benzene rings is 1. The minimum Gasteiger partial charge on any atom is -0.330 e. The van der Waals surface area contributed by atoms with Gasteiger partial charge in [0.05, 0.1) is 4.90 Å². The van der Waals surface area contributed by atoms with Gasteiger partial charge in [-0.05, 0) is 24.1 Å². The van der Waals surface area contributed by atoms with E-state index in [9.17, 15) is 13.2 Å². The van der Waals surface area contributed by atoms with Crippen LogP contribution >= 0.6 is 0 Å². The Labute approximate surface area is 122 Å². The second kappa shape index (κ2) is 4.88. The number of hydrogen-bond donors (Lipinski definition) is 2. The lowest BCUT2D eigenvalue weighted by Gasteiger charge is -2.15. The van der Waals surface area contributed by atoms with Crippen molar-refractivity contribution in [2.45, 2.75) is 18.2 Å². The summed E-state index contributed by atoms with van der Waals surface area (Å²) in [6.45, 7) is 2.05. The molecule has 1 aliphatic heterocycles. The van der Waals surface area contributed by atoms with E-state index >= 15 is 0 Å². The number of fused-ring (bicyclic) bond motifs is 1. The topological polar surface area (TPSA) is 95.2 Å². The van der Waals surface area contributed by atoms with Gasteiger partial charge in [0.25, 0.3) is 10.0 Å². The lowest BCUT2D eigenvalue weighted by Crippen LogP contribution is -2.26. The minimum atomic E-state index is -3.74. The molecule has 2 aromatic rings. The fraction of sp³-hybridized carbons (Fsp3) is 0.231. The SMILES string of the molecule is CC(=O)N1CCc2ccc(S(=O)(=O)Nc3ncc[nH]3)cc21. The molecule has 1 aromatic heterocycles. The van der Waals surface area contributed by atoms with Gasteiger partial charge in [-0.25, -0.2) is 18.1 Å². The highest BCUT2D eigenvalue weighted by Gasteiger charge is 2.25. The van der Waals surface area contributed by atoms with Crippen molar-refractivity contribution in [1.29, 1.82) is 0 Å². The van der Waals surface area contributed by atoms with Gasteiger partial charge in [0.1, 0.15) is 0 Å². The van der Waals surface area contributed by atoms with Crippen molar-refractivity contribution in [2.75, 3.05) is 16.2 Å². The fourth-order valence-corrected chi connectivity index (χ4v) is 3.36. The molecule has 1 aromatic carbocycles. The van der Waals surface area contributed by atoms with Crippen molar-refractivity contribution < 1.29 is 13.2 Å². The summed E-state index contributed by atoms with van der Waals surface area (Å²) in [4.78, 5) is 19.8. The third-order valence-electron chi connectivity index (χ3n) is 3.37. The third kappa shape index (κ3) is 2.49. The van der Waals surface area contributed by atoms with Crippen molar-refractivity contribution in [3.8, 4) is 0 Å². The van der Waals surface area contributed by atoms with Gasteiger partial charge in [-0.3, -0.25) is 4.79 Å². The second-order valence-electron chi connectivity index (χ2n) is 4.75. The van der Waals surface area contributed by atoms with E-state index in [4.69, 9.17) is 0 Å². The van der Waals surface area contributed by atoms with Crippen LogP contribution in [0.5, 0.6) is 0 Å². The Hall–Kier alpha value is -2.35. The molecule has 7 nitrogen and oxygen atoms in total. The van der Waals surface area contributed by atoms with Gasteiger partial charge in [-0.15, -0.1) is 0 Å². The molecule has 3 rings (SSSR count). The summed E-state index contributed by atoms with van der Waals surface area (Å²) in [7, 11) is -3.74. The van der Waals surface area contributed by atoms with Crippen LogP contribution in [0.15, 0.2) is 35.5 Å². The largest absolute Gasteiger partial charge is 0.330 e. The number of aromatic amines is 1. The van der Waals surface area contributed by atoms with E-state index in [1.807, 2.05) is 0 Å². The van der Waals surface area contributed by atoms with Crippen molar-refractivity contribution in [3.05, 3.63) is 36.2 Å². The average Bonchev–Trinajstić information content (AvgIpc) is 3.05. The van der Waals surface area contributed by atoms with E-state index in [1.54, 1.807) is 11.0 Å². The highest BCUT2D eigenvalue weighted by molar-refractivity contribution is 7.92. The van der Waals surface area contributed by atoms with Gasteiger partial charge in [0, 0.05) is 31.5 Å². The maximum atomic E-state index is 12.3. The number of imidazole rings is 1. The number of aromatic nitrogens is 2. The highest BCUT2D eigenvalue weighted by Crippen LogP contribution is 2.30. The van der Waals surface area contributed by atoms with Crippen molar-refractivity contribution in [2.24, 2.45) is 0 Å². The van der Waals surface area contributed by atoms with Gasteiger partial charge in [0.2, 0.25) is 11.9 Å². The van der Waals surface area contributed by atoms with E-state index in [2.05, 4.69) is 14.7 Å². The molecule has 0 unspecified atom stereocenters. The van der Waals surface area contributed by atoms with E-state index in [0.717, 1.165) is 12.0 Å². The van der Waals surface area contributed by atoms with E-state index in [1.165, 1.54) is 31.5 Å². The zero-order chi connectivity index (χ0) is 15.0. The zero-order valence-electron chi connectivity index (χ0n) is 11.3. The number of carbonyl (C=O) groups is 1. The Bertz CT molecular complexity index is 784. The summed E-state index contributed by atoms with van der Waals surface area (Å²) in [6, 6.07) is 4.80. The Morgan fingerprint density at radius 2 is 2.24 bits per heavy atom. The summed E-state index contributed by atoms with van der Waals surface area (Å²) in [6.07, 6.45) is 3.72. The zero-order valence-corrected chi connectivity index (χ0v) is 12.1. The number of carbonyl (C=O) groups excluding carboxylic acids is 1. The highest BCUT2D eigenvalue weighted by atomic mass is 32.2. The molecule has 1 amide bonds. The first-order chi connectivity index (χ1) is 9.97. The van der Waals surface area contributed by atoms with Crippen LogP contribution in [0, 0.1) is 0 Å².